The summed E-state index contributed by atoms with van der Waals surface area (Å²) in [7, 11) is 0. The summed E-state index contributed by atoms with van der Waals surface area (Å²) >= 11 is 0. The molecule has 1 aromatic heterocycles. The lowest BCUT2D eigenvalue weighted by Crippen LogP contribution is -1.90. The summed E-state index contributed by atoms with van der Waals surface area (Å²) in [5.74, 6) is 0. The van der Waals surface area contributed by atoms with Crippen molar-refractivity contribution in [2.45, 2.75) is 20.0 Å². The van der Waals surface area contributed by atoms with Crippen LogP contribution in [-0.4, -0.2) is 10.1 Å². The van der Waals surface area contributed by atoms with Crippen molar-refractivity contribution in [1.29, 1.82) is 0 Å². The Balaban J connectivity index is 2.74. The maximum Gasteiger partial charge on any atom is 0.0853 e. The molecule has 2 nitrogen and oxygen atoms in total. The molecule has 0 aromatic carbocycles. The molecule has 2 heteroatoms. The summed E-state index contributed by atoms with van der Waals surface area (Å²) in [5.41, 5.74) is 1.86. The minimum absolute atomic E-state index is 0.0192. The number of aromatic nitrogens is 1. The molecule has 0 saturated heterocycles. The van der Waals surface area contributed by atoms with Crippen LogP contribution in [0.4, 0.5) is 0 Å². The van der Waals surface area contributed by atoms with Gasteiger partial charge >= 0.3 is 0 Å². The van der Waals surface area contributed by atoms with Gasteiger partial charge in [-0.25, -0.2) is 0 Å². The summed E-state index contributed by atoms with van der Waals surface area (Å²) in [4.78, 5) is 3.97. The largest absolute Gasteiger partial charge is 0.390 e. The summed E-state index contributed by atoms with van der Waals surface area (Å²) in [5, 5.41) is 8.75. The molecular formula is C9H12NO. The number of hydrogen-bond acceptors (Lipinski definition) is 2. The first-order valence-electron chi connectivity index (χ1n) is 3.75. The van der Waals surface area contributed by atoms with Crippen molar-refractivity contribution in [2.24, 2.45) is 0 Å². The Hall–Kier alpha value is -0.890. The molecule has 1 aromatic rings. The zero-order valence-electron chi connectivity index (χ0n) is 6.62. The van der Waals surface area contributed by atoms with E-state index in [1.165, 1.54) is 0 Å². The molecule has 59 valence electrons. The molecule has 0 saturated carbocycles. The van der Waals surface area contributed by atoms with Gasteiger partial charge in [0.15, 0.2) is 0 Å². The maximum atomic E-state index is 8.75. The Morgan fingerprint density at radius 1 is 1.64 bits per heavy atom. The van der Waals surface area contributed by atoms with Crippen LogP contribution in [0.25, 0.3) is 0 Å². The monoisotopic (exact) mass is 150 g/mol. The average Bonchev–Trinajstić information content (AvgIpc) is 2.06. The topological polar surface area (TPSA) is 33.1 Å². The van der Waals surface area contributed by atoms with E-state index < -0.39 is 0 Å². The zero-order chi connectivity index (χ0) is 8.10. The third kappa shape index (κ3) is 2.31. The highest BCUT2D eigenvalue weighted by Crippen LogP contribution is 2.05. The van der Waals surface area contributed by atoms with Crippen LogP contribution in [0.2, 0.25) is 0 Å². The molecule has 1 N–H and O–H groups in total. The van der Waals surface area contributed by atoms with Crippen LogP contribution in [0.3, 0.4) is 0 Å². The van der Waals surface area contributed by atoms with Gasteiger partial charge in [-0.1, -0.05) is 6.92 Å². The van der Waals surface area contributed by atoms with Gasteiger partial charge in [-0.05, 0) is 30.5 Å². The van der Waals surface area contributed by atoms with E-state index in [2.05, 4.69) is 18.3 Å². The molecule has 0 aliphatic heterocycles. The molecule has 0 unspecified atom stereocenters. The molecular weight excluding hydrogens is 138 g/mol. The van der Waals surface area contributed by atoms with E-state index in [1.807, 2.05) is 12.1 Å². The fourth-order valence-electron chi connectivity index (χ4n) is 0.946. The summed E-state index contributed by atoms with van der Waals surface area (Å²) in [6, 6.07) is 3.83. The Morgan fingerprint density at radius 2 is 2.45 bits per heavy atom. The molecule has 1 heterocycles. The highest BCUT2D eigenvalue weighted by atomic mass is 16.3. The van der Waals surface area contributed by atoms with Crippen LogP contribution in [0.5, 0.6) is 0 Å². The van der Waals surface area contributed by atoms with Gasteiger partial charge in [-0.15, -0.1) is 0 Å². The highest BCUT2D eigenvalue weighted by molar-refractivity contribution is 5.22. The van der Waals surface area contributed by atoms with Crippen molar-refractivity contribution >= 4 is 0 Å². The molecule has 1 radical (unpaired) electrons. The van der Waals surface area contributed by atoms with Crippen LogP contribution in [0.15, 0.2) is 18.3 Å². The second kappa shape index (κ2) is 4.09. The molecule has 0 atom stereocenters. The van der Waals surface area contributed by atoms with Gasteiger partial charge in [0.05, 0.1) is 12.3 Å². The van der Waals surface area contributed by atoms with Crippen molar-refractivity contribution in [3.8, 4) is 0 Å². The van der Waals surface area contributed by atoms with E-state index in [9.17, 15) is 0 Å². The zero-order valence-corrected chi connectivity index (χ0v) is 6.62. The third-order valence-electron chi connectivity index (χ3n) is 1.44. The van der Waals surface area contributed by atoms with Gasteiger partial charge in [-0.2, -0.15) is 0 Å². The predicted molar refractivity (Wildman–Crippen MR) is 43.9 cm³/mol. The summed E-state index contributed by atoms with van der Waals surface area (Å²) in [6.07, 6.45) is 4.82. The molecule has 11 heavy (non-hydrogen) atoms. The van der Waals surface area contributed by atoms with Gasteiger partial charge in [0.2, 0.25) is 0 Å². The minimum atomic E-state index is 0.0192. The molecule has 0 amide bonds. The normalized spacial score (nSPS) is 10.0. The Morgan fingerprint density at radius 3 is 3.09 bits per heavy atom. The lowest BCUT2D eigenvalue weighted by atomic mass is 10.1. The first kappa shape index (κ1) is 8.21. The molecule has 0 spiro atoms. The lowest BCUT2D eigenvalue weighted by molar-refractivity contribution is 0.277. The highest BCUT2D eigenvalue weighted by Gasteiger charge is 1.94. The standard InChI is InChI=1S/C9H12NO/c1-2-3-8-4-5-10-9(6-8)7-11/h3-6,11H,2,7H2,1H3. The van der Waals surface area contributed by atoms with Crippen molar-refractivity contribution in [3.63, 3.8) is 0 Å². The molecule has 0 fully saturated rings. The first-order valence-corrected chi connectivity index (χ1v) is 3.75. The number of nitrogens with zero attached hydrogens (tertiary/aromatic N) is 1. The fraction of sp³-hybridized carbons (Fsp3) is 0.333. The Bertz CT molecular complexity index is 223. The maximum absolute atomic E-state index is 8.75. The molecule has 1 rings (SSSR count). The smallest absolute Gasteiger partial charge is 0.0853 e. The van der Waals surface area contributed by atoms with Gasteiger partial charge in [0.1, 0.15) is 0 Å². The predicted octanol–water partition coefficient (Wildman–Crippen LogP) is 1.54. The van der Waals surface area contributed by atoms with Crippen LogP contribution in [0.1, 0.15) is 24.6 Å². The van der Waals surface area contributed by atoms with Crippen molar-refractivity contribution in [2.75, 3.05) is 0 Å². The summed E-state index contributed by atoms with van der Waals surface area (Å²) < 4.78 is 0. The van der Waals surface area contributed by atoms with Crippen LogP contribution < -0.4 is 0 Å². The van der Waals surface area contributed by atoms with E-state index in [0.717, 1.165) is 17.7 Å². The number of aliphatic hydroxyl groups excluding tert-OH is 1. The first-order chi connectivity index (χ1) is 5.36. The van der Waals surface area contributed by atoms with Crippen molar-refractivity contribution in [3.05, 3.63) is 36.0 Å². The lowest BCUT2D eigenvalue weighted by Gasteiger charge is -1.98. The SMILES string of the molecule is CC[CH]c1ccnc(CO)c1. The van der Waals surface area contributed by atoms with Crippen molar-refractivity contribution < 1.29 is 5.11 Å². The minimum Gasteiger partial charge on any atom is -0.390 e. The van der Waals surface area contributed by atoms with Gasteiger partial charge in [-0.3, -0.25) is 4.98 Å². The Labute approximate surface area is 66.9 Å². The number of rotatable bonds is 3. The average molecular weight is 150 g/mol. The number of hydrogen-bond donors (Lipinski definition) is 1. The van der Waals surface area contributed by atoms with Crippen LogP contribution >= 0.6 is 0 Å². The van der Waals surface area contributed by atoms with E-state index in [1.54, 1.807) is 6.20 Å². The van der Waals surface area contributed by atoms with Gasteiger partial charge in [0, 0.05) is 6.20 Å². The Kier molecular flexibility index (Phi) is 3.05. The number of pyridine rings is 1. The fourth-order valence-corrected chi connectivity index (χ4v) is 0.946. The van der Waals surface area contributed by atoms with Crippen LogP contribution in [0, 0.1) is 6.42 Å². The van der Waals surface area contributed by atoms with Crippen molar-refractivity contribution in [1.82, 2.24) is 4.98 Å². The molecule has 0 aliphatic rings. The third-order valence-corrected chi connectivity index (χ3v) is 1.44. The van der Waals surface area contributed by atoms with E-state index in [4.69, 9.17) is 5.11 Å². The van der Waals surface area contributed by atoms with E-state index in [0.29, 0.717) is 0 Å². The van der Waals surface area contributed by atoms with E-state index >= 15 is 0 Å². The van der Waals surface area contributed by atoms with Crippen LogP contribution in [-0.2, 0) is 6.61 Å². The second-order valence-electron chi connectivity index (χ2n) is 2.35. The molecule has 0 bridgehead atoms. The summed E-state index contributed by atoms with van der Waals surface area (Å²) in [6.45, 7) is 2.10. The van der Waals surface area contributed by atoms with Gasteiger partial charge in [0.25, 0.3) is 0 Å². The quantitative estimate of drug-likeness (QED) is 0.709. The second-order valence-corrected chi connectivity index (χ2v) is 2.35. The molecule has 0 aliphatic carbocycles. The van der Waals surface area contributed by atoms with Gasteiger partial charge < -0.3 is 5.11 Å². The number of aliphatic hydroxyl groups is 1. The van der Waals surface area contributed by atoms with E-state index in [-0.39, 0.29) is 6.61 Å².